The van der Waals surface area contributed by atoms with Crippen molar-refractivity contribution in [3.63, 3.8) is 0 Å². The summed E-state index contributed by atoms with van der Waals surface area (Å²) in [5.74, 6) is 0.827. The monoisotopic (exact) mass is 166 g/mol. The van der Waals surface area contributed by atoms with Gasteiger partial charge in [0, 0.05) is 0 Å². The minimum atomic E-state index is -0.144. The van der Waals surface area contributed by atoms with Crippen LogP contribution in [0.15, 0.2) is 24.0 Å². The number of carbonyl (C=O) groups is 1. The van der Waals surface area contributed by atoms with Crippen LogP contribution in [-0.2, 0) is 9.53 Å². The van der Waals surface area contributed by atoms with Crippen molar-refractivity contribution < 1.29 is 9.53 Å². The second kappa shape index (κ2) is 3.57. The van der Waals surface area contributed by atoms with Crippen LogP contribution in [0.2, 0.25) is 0 Å². The van der Waals surface area contributed by atoms with E-state index in [2.05, 4.69) is 6.58 Å². The first-order valence-corrected chi connectivity index (χ1v) is 4.12. The Hall–Kier alpha value is -1.05. The summed E-state index contributed by atoms with van der Waals surface area (Å²) in [7, 11) is 0. The lowest BCUT2D eigenvalue weighted by Crippen LogP contribution is -2.07. The Morgan fingerprint density at radius 1 is 1.75 bits per heavy atom. The highest BCUT2D eigenvalue weighted by Gasteiger charge is 2.18. The van der Waals surface area contributed by atoms with Gasteiger partial charge in [0.05, 0.1) is 6.42 Å². The first kappa shape index (κ1) is 9.04. The minimum Gasteiger partial charge on any atom is -0.432 e. The fraction of sp³-hybridized carbons (Fsp3) is 0.500. The Morgan fingerprint density at radius 3 is 3.00 bits per heavy atom. The van der Waals surface area contributed by atoms with Crippen LogP contribution >= 0.6 is 0 Å². The van der Waals surface area contributed by atoms with Gasteiger partial charge in [-0.25, -0.2) is 0 Å². The average molecular weight is 166 g/mol. The van der Waals surface area contributed by atoms with Crippen LogP contribution in [0.3, 0.4) is 0 Å². The average Bonchev–Trinajstić information content (AvgIpc) is 2.11. The molecular weight excluding hydrogens is 152 g/mol. The SMILES string of the molecule is C=C(C)[C@@H]1CC=C(C)OC(=O)C1. The molecule has 0 spiro atoms. The van der Waals surface area contributed by atoms with Crippen molar-refractivity contribution in [2.45, 2.75) is 26.7 Å². The summed E-state index contributed by atoms with van der Waals surface area (Å²) < 4.78 is 4.97. The lowest BCUT2D eigenvalue weighted by molar-refractivity contribution is -0.139. The molecule has 66 valence electrons. The third kappa shape index (κ3) is 2.22. The van der Waals surface area contributed by atoms with Gasteiger partial charge in [-0.3, -0.25) is 4.79 Å². The standard InChI is InChI=1S/C10H14O2/c1-7(2)9-5-4-8(3)12-10(11)6-9/h4,9H,1,5-6H2,2-3H3/t9-/m1/s1. The Labute approximate surface area is 72.9 Å². The fourth-order valence-electron chi connectivity index (χ4n) is 1.23. The van der Waals surface area contributed by atoms with E-state index in [0.717, 1.165) is 12.0 Å². The van der Waals surface area contributed by atoms with Crippen LogP contribution < -0.4 is 0 Å². The molecule has 0 N–H and O–H groups in total. The predicted octanol–water partition coefficient (Wildman–Crippen LogP) is 2.42. The van der Waals surface area contributed by atoms with Gasteiger partial charge in [-0.1, -0.05) is 12.2 Å². The van der Waals surface area contributed by atoms with Crippen molar-refractivity contribution in [2.24, 2.45) is 5.92 Å². The van der Waals surface area contributed by atoms with Crippen LogP contribution in [-0.4, -0.2) is 5.97 Å². The minimum absolute atomic E-state index is 0.144. The van der Waals surface area contributed by atoms with Crippen molar-refractivity contribution in [3.8, 4) is 0 Å². The Morgan fingerprint density at radius 2 is 2.42 bits per heavy atom. The molecular formula is C10H14O2. The van der Waals surface area contributed by atoms with Gasteiger partial charge in [-0.2, -0.15) is 0 Å². The first-order valence-electron chi connectivity index (χ1n) is 4.12. The molecule has 0 aromatic carbocycles. The van der Waals surface area contributed by atoms with Crippen molar-refractivity contribution in [1.29, 1.82) is 0 Å². The summed E-state index contributed by atoms with van der Waals surface area (Å²) in [4.78, 5) is 11.1. The third-order valence-corrected chi connectivity index (χ3v) is 2.07. The van der Waals surface area contributed by atoms with Crippen molar-refractivity contribution in [3.05, 3.63) is 24.0 Å². The third-order valence-electron chi connectivity index (χ3n) is 2.07. The molecule has 0 amide bonds. The van der Waals surface area contributed by atoms with E-state index in [-0.39, 0.29) is 11.9 Å². The summed E-state index contributed by atoms with van der Waals surface area (Å²) in [6, 6.07) is 0. The highest BCUT2D eigenvalue weighted by Crippen LogP contribution is 2.23. The molecule has 12 heavy (non-hydrogen) atoms. The molecule has 0 radical (unpaired) electrons. The second-order valence-corrected chi connectivity index (χ2v) is 3.27. The van der Waals surface area contributed by atoms with Crippen LogP contribution in [0.5, 0.6) is 0 Å². The molecule has 1 aliphatic rings. The second-order valence-electron chi connectivity index (χ2n) is 3.27. The van der Waals surface area contributed by atoms with Gasteiger partial charge in [-0.15, -0.1) is 0 Å². The topological polar surface area (TPSA) is 26.3 Å². The van der Waals surface area contributed by atoms with Crippen molar-refractivity contribution >= 4 is 5.97 Å². The Bertz CT molecular complexity index is 238. The van der Waals surface area contributed by atoms with Gasteiger partial charge in [0.15, 0.2) is 0 Å². The Kier molecular flexibility index (Phi) is 2.69. The van der Waals surface area contributed by atoms with E-state index in [1.807, 2.05) is 13.0 Å². The van der Waals surface area contributed by atoms with Gasteiger partial charge in [0.25, 0.3) is 0 Å². The smallest absolute Gasteiger partial charge is 0.311 e. The van der Waals surface area contributed by atoms with Gasteiger partial charge in [-0.05, 0) is 32.3 Å². The van der Waals surface area contributed by atoms with Crippen LogP contribution in [0.1, 0.15) is 26.7 Å². The van der Waals surface area contributed by atoms with E-state index in [1.165, 1.54) is 0 Å². The lowest BCUT2D eigenvalue weighted by Gasteiger charge is -2.09. The van der Waals surface area contributed by atoms with Crippen molar-refractivity contribution in [1.82, 2.24) is 0 Å². The van der Waals surface area contributed by atoms with E-state index >= 15 is 0 Å². The molecule has 0 unspecified atom stereocenters. The lowest BCUT2D eigenvalue weighted by atomic mass is 9.95. The van der Waals surface area contributed by atoms with Crippen LogP contribution in [0.25, 0.3) is 0 Å². The number of cyclic esters (lactones) is 1. The predicted molar refractivity (Wildman–Crippen MR) is 47.4 cm³/mol. The normalized spacial score (nSPS) is 24.0. The summed E-state index contributed by atoms with van der Waals surface area (Å²) in [6.07, 6.45) is 3.28. The van der Waals surface area contributed by atoms with E-state index in [4.69, 9.17) is 4.74 Å². The number of esters is 1. The zero-order chi connectivity index (χ0) is 9.14. The number of ether oxygens (including phenoxy) is 1. The molecule has 0 aliphatic carbocycles. The molecule has 1 heterocycles. The molecule has 0 saturated carbocycles. The highest BCUT2D eigenvalue weighted by atomic mass is 16.5. The van der Waals surface area contributed by atoms with Gasteiger partial charge >= 0.3 is 5.97 Å². The molecule has 2 nitrogen and oxygen atoms in total. The zero-order valence-electron chi connectivity index (χ0n) is 7.59. The summed E-state index contributed by atoms with van der Waals surface area (Å²) in [5.41, 5.74) is 1.05. The summed E-state index contributed by atoms with van der Waals surface area (Å²) in [5, 5.41) is 0. The molecule has 0 aromatic rings. The highest BCUT2D eigenvalue weighted by molar-refractivity contribution is 5.71. The number of carbonyl (C=O) groups excluding carboxylic acids is 1. The quantitative estimate of drug-likeness (QED) is 0.441. The molecule has 0 aromatic heterocycles. The van der Waals surface area contributed by atoms with Gasteiger partial charge in [0.2, 0.25) is 0 Å². The van der Waals surface area contributed by atoms with Crippen molar-refractivity contribution in [2.75, 3.05) is 0 Å². The molecule has 2 heteroatoms. The first-order chi connectivity index (χ1) is 5.59. The molecule has 1 aliphatic heterocycles. The summed E-state index contributed by atoms with van der Waals surface area (Å²) in [6.45, 7) is 7.60. The molecule has 1 rings (SSSR count). The van der Waals surface area contributed by atoms with E-state index < -0.39 is 0 Å². The number of allylic oxidation sites excluding steroid dienone is 3. The maximum absolute atomic E-state index is 11.1. The number of hydrogen-bond acceptors (Lipinski definition) is 2. The largest absolute Gasteiger partial charge is 0.432 e. The maximum atomic E-state index is 11.1. The molecule has 0 fully saturated rings. The Balaban J connectivity index is 2.71. The van der Waals surface area contributed by atoms with Crippen LogP contribution in [0.4, 0.5) is 0 Å². The molecule has 0 bridgehead atoms. The van der Waals surface area contributed by atoms with Gasteiger partial charge in [0.1, 0.15) is 5.76 Å². The fourth-order valence-corrected chi connectivity index (χ4v) is 1.23. The number of hydrogen-bond donors (Lipinski definition) is 0. The van der Waals surface area contributed by atoms with E-state index in [1.54, 1.807) is 6.92 Å². The zero-order valence-corrected chi connectivity index (χ0v) is 7.59. The van der Waals surface area contributed by atoms with Gasteiger partial charge < -0.3 is 4.74 Å². The number of rotatable bonds is 1. The van der Waals surface area contributed by atoms with E-state index in [9.17, 15) is 4.79 Å². The molecule has 1 atom stereocenters. The van der Waals surface area contributed by atoms with Crippen LogP contribution in [0, 0.1) is 5.92 Å². The van der Waals surface area contributed by atoms with E-state index in [0.29, 0.717) is 12.2 Å². The maximum Gasteiger partial charge on any atom is 0.311 e. The summed E-state index contributed by atoms with van der Waals surface area (Å²) >= 11 is 0. The molecule has 0 saturated heterocycles.